The van der Waals surface area contributed by atoms with Crippen molar-refractivity contribution in [2.75, 3.05) is 0 Å². The summed E-state index contributed by atoms with van der Waals surface area (Å²) in [4.78, 5) is 0. The van der Waals surface area contributed by atoms with E-state index in [9.17, 15) is 0 Å². The van der Waals surface area contributed by atoms with Crippen LogP contribution in [0.4, 0.5) is 0 Å². The third-order valence-corrected chi connectivity index (χ3v) is 2.49. The number of hydrogen-bond donors (Lipinski definition) is 0. The fraction of sp³-hybridized carbons (Fsp3) is 0.556. The van der Waals surface area contributed by atoms with Crippen molar-refractivity contribution in [1.82, 2.24) is 0 Å². The van der Waals surface area contributed by atoms with Crippen LogP contribution in [0.2, 0.25) is 0 Å². The number of hydrogen-bond acceptors (Lipinski definition) is 0. The highest BCUT2D eigenvalue weighted by atomic mass is 127. The van der Waals surface area contributed by atoms with Gasteiger partial charge < -0.3 is 0 Å². The molecule has 0 aromatic carbocycles. The van der Waals surface area contributed by atoms with Crippen LogP contribution >= 0.6 is 22.6 Å². The fourth-order valence-electron chi connectivity index (χ4n) is 1.12. The minimum atomic E-state index is 1.22. The lowest BCUT2D eigenvalue weighted by atomic mass is 10.1. The Kier molecular flexibility index (Phi) is 3.46. The van der Waals surface area contributed by atoms with Crippen molar-refractivity contribution < 1.29 is 0 Å². The lowest BCUT2D eigenvalue weighted by Crippen LogP contribution is -1.78. The number of allylic oxidation sites excluding steroid dienone is 4. The Morgan fingerprint density at radius 3 is 2.80 bits per heavy atom. The Bertz CT molecular complexity index is 166. The quantitative estimate of drug-likeness (QED) is 0.666. The van der Waals surface area contributed by atoms with Crippen LogP contribution in [0, 0.1) is 0 Å². The topological polar surface area (TPSA) is 0 Å². The van der Waals surface area contributed by atoms with Gasteiger partial charge in [0.05, 0.1) is 0 Å². The molecule has 10 heavy (non-hydrogen) atoms. The first-order valence-electron chi connectivity index (χ1n) is 3.87. The summed E-state index contributed by atoms with van der Waals surface area (Å²) in [6.45, 7) is 2.24. The highest BCUT2D eigenvalue weighted by Gasteiger charge is 2.03. The first-order chi connectivity index (χ1) is 4.83. The highest BCUT2D eigenvalue weighted by molar-refractivity contribution is 14.1. The molecule has 0 amide bonds. The zero-order valence-corrected chi connectivity index (χ0v) is 8.52. The summed E-state index contributed by atoms with van der Waals surface area (Å²) in [5, 5.41) is 0. The number of rotatable bonds is 3. The molecule has 1 rings (SSSR count). The second kappa shape index (κ2) is 4.16. The lowest BCUT2D eigenvalue weighted by molar-refractivity contribution is 0.778. The molecule has 0 spiro atoms. The van der Waals surface area contributed by atoms with E-state index >= 15 is 0 Å². The maximum Gasteiger partial charge on any atom is -0.000572 e. The molecule has 0 heterocycles. The van der Waals surface area contributed by atoms with Crippen molar-refractivity contribution in [3.8, 4) is 0 Å². The van der Waals surface area contributed by atoms with Gasteiger partial charge in [0.25, 0.3) is 0 Å². The standard InChI is InChI=1S/C9H13I/c1-2-3-4-8-5-6-9(10)7-8/h5-6H,2-4,7H2,1H3. The predicted octanol–water partition coefficient (Wildman–Crippen LogP) is 3.83. The summed E-state index contributed by atoms with van der Waals surface area (Å²) in [6, 6.07) is 0. The lowest BCUT2D eigenvalue weighted by Gasteiger charge is -1.98. The molecule has 0 fully saturated rings. The highest BCUT2D eigenvalue weighted by Crippen LogP contribution is 2.27. The Balaban J connectivity index is 2.22. The SMILES string of the molecule is CCCCC1=CC=C(I)C1. The monoisotopic (exact) mass is 248 g/mol. The van der Waals surface area contributed by atoms with Crippen LogP contribution in [-0.4, -0.2) is 0 Å². The minimum Gasteiger partial charge on any atom is -0.0654 e. The van der Waals surface area contributed by atoms with Gasteiger partial charge in [0, 0.05) is 0 Å². The molecule has 0 saturated heterocycles. The van der Waals surface area contributed by atoms with Gasteiger partial charge in [0.2, 0.25) is 0 Å². The summed E-state index contributed by atoms with van der Waals surface area (Å²) in [6.07, 6.45) is 9.70. The molecule has 1 aliphatic rings. The van der Waals surface area contributed by atoms with Crippen molar-refractivity contribution in [2.45, 2.75) is 32.6 Å². The second-order valence-electron chi connectivity index (χ2n) is 2.72. The van der Waals surface area contributed by atoms with E-state index in [1.165, 1.54) is 29.3 Å². The van der Waals surface area contributed by atoms with Crippen LogP contribution in [0.5, 0.6) is 0 Å². The summed E-state index contributed by atoms with van der Waals surface area (Å²) in [5.74, 6) is 0. The zero-order chi connectivity index (χ0) is 7.40. The van der Waals surface area contributed by atoms with E-state index in [2.05, 4.69) is 41.7 Å². The molecule has 1 heteroatoms. The van der Waals surface area contributed by atoms with E-state index in [0.717, 1.165) is 0 Å². The van der Waals surface area contributed by atoms with Crippen LogP contribution in [0.1, 0.15) is 32.6 Å². The van der Waals surface area contributed by atoms with Crippen LogP contribution in [0.3, 0.4) is 0 Å². The van der Waals surface area contributed by atoms with E-state index in [4.69, 9.17) is 0 Å². The van der Waals surface area contributed by atoms with Gasteiger partial charge in [-0.2, -0.15) is 0 Å². The van der Waals surface area contributed by atoms with Crippen molar-refractivity contribution in [1.29, 1.82) is 0 Å². The molecule has 0 nitrogen and oxygen atoms in total. The molecule has 0 bridgehead atoms. The van der Waals surface area contributed by atoms with E-state index in [-0.39, 0.29) is 0 Å². The molecule has 0 N–H and O–H groups in total. The molecule has 0 unspecified atom stereocenters. The molecule has 1 aliphatic carbocycles. The number of unbranched alkanes of at least 4 members (excludes halogenated alkanes) is 1. The second-order valence-corrected chi connectivity index (χ2v) is 4.10. The van der Waals surface area contributed by atoms with E-state index in [0.29, 0.717) is 0 Å². The molecule has 0 radical (unpaired) electrons. The van der Waals surface area contributed by atoms with Crippen LogP contribution in [0.25, 0.3) is 0 Å². The Morgan fingerprint density at radius 2 is 2.30 bits per heavy atom. The van der Waals surface area contributed by atoms with Crippen molar-refractivity contribution in [3.05, 3.63) is 21.3 Å². The molecule has 0 aromatic rings. The van der Waals surface area contributed by atoms with Gasteiger partial charge in [0.1, 0.15) is 0 Å². The van der Waals surface area contributed by atoms with E-state index in [1.807, 2.05) is 0 Å². The van der Waals surface area contributed by atoms with Gasteiger partial charge in [-0.15, -0.1) is 0 Å². The average molecular weight is 248 g/mol. The third-order valence-electron chi connectivity index (χ3n) is 1.75. The van der Waals surface area contributed by atoms with Crippen LogP contribution in [0.15, 0.2) is 21.3 Å². The Morgan fingerprint density at radius 1 is 1.50 bits per heavy atom. The van der Waals surface area contributed by atoms with Crippen LogP contribution in [-0.2, 0) is 0 Å². The Labute approximate surface area is 76.5 Å². The van der Waals surface area contributed by atoms with Gasteiger partial charge in [-0.3, -0.25) is 0 Å². The summed E-state index contributed by atoms with van der Waals surface area (Å²) in [5.41, 5.74) is 1.62. The summed E-state index contributed by atoms with van der Waals surface area (Å²) in [7, 11) is 0. The largest absolute Gasteiger partial charge is 0.0654 e. The van der Waals surface area contributed by atoms with Gasteiger partial charge >= 0.3 is 0 Å². The maximum atomic E-state index is 2.41. The summed E-state index contributed by atoms with van der Waals surface area (Å²) >= 11 is 2.41. The first-order valence-corrected chi connectivity index (χ1v) is 4.95. The smallest absolute Gasteiger partial charge is 0.000572 e. The van der Waals surface area contributed by atoms with Crippen molar-refractivity contribution in [2.24, 2.45) is 0 Å². The first kappa shape index (κ1) is 8.31. The van der Waals surface area contributed by atoms with Crippen LogP contribution < -0.4 is 0 Å². The van der Waals surface area contributed by atoms with Crippen molar-refractivity contribution >= 4 is 22.6 Å². The third kappa shape index (κ3) is 2.45. The molecule has 56 valence electrons. The van der Waals surface area contributed by atoms with Gasteiger partial charge in [-0.25, -0.2) is 0 Å². The van der Waals surface area contributed by atoms with E-state index in [1.54, 1.807) is 5.57 Å². The normalized spacial score (nSPS) is 17.0. The van der Waals surface area contributed by atoms with Gasteiger partial charge in [-0.05, 0) is 45.4 Å². The van der Waals surface area contributed by atoms with Crippen molar-refractivity contribution in [3.63, 3.8) is 0 Å². The minimum absolute atomic E-state index is 1.22. The molecule has 0 saturated carbocycles. The van der Waals surface area contributed by atoms with E-state index < -0.39 is 0 Å². The maximum absolute atomic E-state index is 2.41. The number of halogens is 1. The predicted molar refractivity (Wildman–Crippen MR) is 54.3 cm³/mol. The molecular formula is C9H13I. The average Bonchev–Trinajstić information content (AvgIpc) is 2.31. The zero-order valence-electron chi connectivity index (χ0n) is 6.36. The molecule has 0 atom stereocenters. The van der Waals surface area contributed by atoms with Gasteiger partial charge in [-0.1, -0.05) is 31.1 Å². The molecule has 0 aliphatic heterocycles. The fourth-order valence-corrected chi connectivity index (χ4v) is 1.79. The summed E-state index contributed by atoms with van der Waals surface area (Å²) < 4.78 is 1.49. The molecule has 0 aromatic heterocycles. The molecular weight excluding hydrogens is 235 g/mol. The Hall–Kier alpha value is 0.210. The van der Waals surface area contributed by atoms with Gasteiger partial charge in [0.15, 0.2) is 0 Å².